The lowest BCUT2D eigenvalue weighted by Crippen LogP contribution is -2.08. The molecular formula is C11H6BrF3N2. The highest BCUT2D eigenvalue weighted by molar-refractivity contribution is 9.10. The van der Waals surface area contributed by atoms with Crippen molar-refractivity contribution in [1.29, 1.82) is 0 Å². The Bertz CT molecular complexity index is 601. The van der Waals surface area contributed by atoms with Crippen LogP contribution in [-0.4, -0.2) is 10.2 Å². The van der Waals surface area contributed by atoms with Crippen LogP contribution in [0.3, 0.4) is 0 Å². The Morgan fingerprint density at radius 1 is 1.29 bits per heavy atom. The van der Waals surface area contributed by atoms with Gasteiger partial charge in [0.1, 0.15) is 5.69 Å². The molecule has 2 nitrogen and oxygen atoms in total. The van der Waals surface area contributed by atoms with E-state index < -0.39 is 11.9 Å². The van der Waals surface area contributed by atoms with Gasteiger partial charge in [-0.05, 0) is 17.7 Å². The molecule has 0 saturated carbocycles. The highest BCUT2D eigenvalue weighted by atomic mass is 79.9. The molecule has 2 aromatic rings. The maximum absolute atomic E-state index is 12.7. The molecule has 6 heteroatoms. The molecule has 0 saturated heterocycles. The number of aromatic amines is 1. The number of hydrogen-bond acceptors (Lipinski definition) is 1. The van der Waals surface area contributed by atoms with E-state index in [1.54, 1.807) is 6.07 Å². The summed E-state index contributed by atoms with van der Waals surface area (Å²) in [7, 11) is 0. The first-order valence-corrected chi connectivity index (χ1v) is 5.69. The molecule has 0 spiro atoms. The largest absolute Gasteiger partial charge is 0.433 e. The predicted molar refractivity (Wildman–Crippen MR) is 59.5 cm³/mol. The summed E-state index contributed by atoms with van der Waals surface area (Å²) >= 11 is 3.30. The third-order valence-electron chi connectivity index (χ3n) is 2.84. The monoisotopic (exact) mass is 302 g/mol. The lowest BCUT2D eigenvalue weighted by Gasteiger charge is -2.04. The summed E-state index contributed by atoms with van der Waals surface area (Å²) in [5.74, 6) is 0. The molecule has 0 bridgehead atoms. The van der Waals surface area contributed by atoms with Gasteiger partial charge in [0.2, 0.25) is 0 Å². The Hall–Kier alpha value is -1.30. The summed E-state index contributed by atoms with van der Waals surface area (Å²) in [6, 6.07) is 5.44. The molecule has 1 heterocycles. The van der Waals surface area contributed by atoms with E-state index in [-0.39, 0.29) is 12.0 Å². The second kappa shape index (κ2) is 3.35. The van der Waals surface area contributed by atoms with Gasteiger partial charge in [-0.3, -0.25) is 5.10 Å². The number of halogens is 4. The minimum atomic E-state index is -4.38. The summed E-state index contributed by atoms with van der Waals surface area (Å²) < 4.78 is 38.9. The summed E-state index contributed by atoms with van der Waals surface area (Å²) in [5, 5.41) is 5.87. The van der Waals surface area contributed by atoms with Crippen LogP contribution in [0.5, 0.6) is 0 Å². The maximum atomic E-state index is 12.7. The normalized spacial score (nSPS) is 13.6. The molecule has 0 amide bonds. The van der Waals surface area contributed by atoms with Gasteiger partial charge in [0.25, 0.3) is 0 Å². The smallest absolute Gasteiger partial charge is 0.273 e. The first-order chi connectivity index (χ1) is 7.97. The van der Waals surface area contributed by atoms with Gasteiger partial charge >= 0.3 is 6.18 Å². The van der Waals surface area contributed by atoms with Crippen molar-refractivity contribution in [3.8, 4) is 11.3 Å². The summed E-state index contributed by atoms with van der Waals surface area (Å²) in [6.07, 6.45) is -4.09. The Labute approximate surface area is 103 Å². The zero-order chi connectivity index (χ0) is 12.2. The third kappa shape index (κ3) is 1.58. The van der Waals surface area contributed by atoms with Crippen LogP contribution in [-0.2, 0) is 12.6 Å². The zero-order valence-electron chi connectivity index (χ0n) is 8.40. The van der Waals surface area contributed by atoms with Gasteiger partial charge in [0.05, 0.1) is 5.69 Å². The van der Waals surface area contributed by atoms with Gasteiger partial charge in [-0.2, -0.15) is 18.3 Å². The van der Waals surface area contributed by atoms with E-state index in [0.717, 1.165) is 15.6 Å². The highest BCUT2D eigenvalue weighted by Crippen LogP contribution is 2.42. The molecule has 1 aromatic carbocycles. The average Bonchev–Trinajstić information content (AvgIpc) is 2.74. The second-order valence-electron chi connectivity index (χ2n) is 3.90. The van der Waals surface area contributed by atoms with E-state index in [0.29, 0.717) is 5.69 Å². The molecule has 0 radical (unpaired) electrons. The molecule has 0 atom stereocenters. The van der Waals surface area contributed by atoms with Crippen molar-refractivity contribution in [2.75, 3.05) is 0 Å². The van der Waals surface area contributed by atoms with Crippen LogP contribution in [0.15, 0.2) is 22.7 Å². The van der Waals surface area contributed by atoms with E-state index >= 15 is 0 Å². The van der Waals surface area contributed by atoms with E-state index in [1.807, 2.05) is 12.1 Å². The van der Waals surface area contributed by atoms with Crippen molar-refractivity contribution in [2.24, 2.45) is 0 Å². The Morgan fingerprint density at radius 2 is 2.06 bits per heavy atom. The summed E-state index contributed by atoms with van der Waals surface area (Å²) in [5.41, 5.74) is 1.56. The molecule has 0 fully saturated rings. The van der Waals surface area contributed by atoms with Gasteiger partial charge in [0, 0.05) is 22.0 Å². The van der Waals surface area contributed by atoms with Crippen LogP contribution in [0.2, 0.25) is 0 Å². The van der Waals surface area contributed by atoms with Crippen molar-refractivity contribution < 1.29 is 13.2 Å². The number of benzene rings is 1. The molecule has 1 aromatic heterocycles. The average molecular weight is 303 g/mol. The van der Waals surface area contributed by atoms with Crippen LogP contribution in [0.1, 0.15) is 16.8 Å². The van der Waals surface area contributed by atoms with Gasteiger partial charge in [-0.15, -0.1) is 0 Å². The van der Waals surface area contributed by atoms with Gasteiger partial charge in [-0.1, -0.05) is 22.0 Å². The first kappa shape index (κ1) is 10.8. The van der Waals surface area contributed by atoms with Crippen LogP contribution in [0.25, 0.3) is 11.3 Å². The number of aromatic nitrogens is 2. The fourth-order valence-electron chi connectivity index (χ4n) is 2.11. The molecule has 1 aliphatic carbocycles. The topological polar surface area (TPSA) is 28.7 Å². The predicted octanol–water partition coefficient (Wildman–Crippen LogP) is 3.76. The van der Waals surface area contributed by atoms with Crippen LogP contribution < -0.4 is 0 Å². The number of hydrogen-bond donors (Lipinski definition) is 1. The number of rotatable bonds is 0. The van der Waals surface area contributed by atoms with E-state index in [9.17, 15) is 13.2 Å². The van der Waals surface area contributed by atoms with E-state index in [4.69, 9.17) is 0 Å². The lowest BCUT2D eigenvalue weighted by atomic mass is 10.1. The number of H-pyrrole nitrogens is 1. The third-order valence-corrected chi connectivity index (χ3v) is 3.34. The fourth-order valence-corrected chi connectivity index (χ4v) is 2.47. The SMILES string of the molecule is FC(F)(F)c1[nH]nc2c1Cc1ccc(Br)cc1-2. The number of alkyl halides is 3. The van der Waals surface area contributed by atoms with Crippen LogP contribution in [0.4, 0.5) is 13.2 Å². The van der Waals surface area contributed by atoms with Crippen molar-refractivity contribution in [1.82, 2.24) is 10.2 Å². The van der Waals surface area contributed by atoms with Gasteiger partial charge in [0.15, 0.2) is 0 Å². The van der Waals surface area contributed by atoms with Gasteiger partial charge < -0.3 is 0 Å². The quantitative estimate of drug-likeness (QED) is 0.673. The summed E-state index contributed by atoms with van der Waals surface area (Å²) in [6.45, 7) is 0. The van der Waals surface area contributed by atoms with Gasteiger partial charge in [-0.25, -0.2) is 0 Å². The second-order valence-corrected chi connectivity index (χ2v) is 4.82. The Morgan fingerprint density at radius 3 is 2.76 bits per heavy atom. The summed E-state index contributed by atoms with van der Waals surface area (Å²) in [4.78, 5) is 0. The standard InChI is InChI=1S/C11H6BrF3N2/c12-6-2-1-5-3-8-9(7(5)4-6)16-17-10(8)11(13,14)15/h1-2,4H,3H2,(H,16,17). The minimum absolute atomic E-state index is 0.241. The Balaban J connectivity index is 2.19. The molecule has 1 N–H and O–H groups in total. The number of nitrogens with one attached hydrogen (secondary N) is 1. The first-order valence-electron chi connectivity index (χ1n) is 4.90. The van der Waals surface area contributed by atoms with E-state index in [2.05, 4.69) is 26.1 Å². The van der Waals surface area contributed by atoms with Crippen molar-refractivity contribution in [3.05, 3.63) is 39.5 Å². The molecule has 1 aliphatic rings. The molecule has 0 aliphatic heterocycles. The molecule has 0 unspecified atom stereocenters. The van der Waals surface area contributed by atoms with Crippen LogP contribution >= 0.6 is 15.9 Å². The van der Waals surface area contributed by atoms with E-state index in [1.165, 1.54) is 0 Å². The molecule has 88 valence electrons. The zero-order valence-corrected chi connectivity index (χ0v) is 9.98. The minimum Gasteiger partial charge on any atom is -0.273 e. The van der Waals surface area contributed by atoms with Crippen molar-refractivity contribution in [3.63, 3.8) is 0 Å². The fraction of sp³-hybridized carbons (Fsp3) is 0.182. The van der Waals surface area contributed by atoms with Crippen molar-refractivity contribution in [2.45, 2.75) is 12.6 Å². The Kier molecular flexibility index (Phi) is 2.13. The molecular weight excluding hydrogens is 297 g/mol. The number of fused-ring (bicyclic) bond motifs is 3. The highest BCUT2D eigenvalue weighted by Gasteiger charge is 2.39. The molecule has 3 rings (SSSR count). The van der Waals surface area contributed by atoms with Crippen molar-refractivity contribution >= 4 is 15.9 Å². The molecule has 17 heavy (non-hydrogen) atoms. The lowest BCUT2D eigenvalue weighted by molar-refractivity contribution is -0.141. The maximum Gasteiger partial charge on any atom is 0.433 e. The van der Waals surface area contributed by atoms with Crippen LogP contribution in [0, 0.1) is 0 Å². The number of nitrogens with zero attached hydrogens (tertiary/aromatic N) is 1.